The van der Waals surface area contributed by atoms with Crippen LogP contribution in [0.1, 0.15) is 32.6 Å². The van der Waals surface area contributed by atoms with E-state index in [9.17, 15) is 9.59 Å². The van der Waals surface area contributed by atoms with Gasteiger partial charge in [0.15, 0.2) is 0 Å². The summed E-state index contributed by atoms with van der Waals surface area (Å²) < 4.78 is 11.4. The minimum absolute atomic E-state index is 0.181. The molecule has 16 heavy (non-hydrogen) atoms. The zero-order valence-electron chi connectivity index (χ0n) is 9.57. The van der Waals surface area contributed by atoms with Gasteiger partial charge in [-0.3, -0.25) is 0 Å². The molecule has 0 amide bonds. The van der Waals surface area contributed by atoms with E-state index in [1.165, 1.54) is 0 Å². The van der Waals surface area contributed by atoms with E-state index in [2.05, 4.69) is 6.92 Å². The zero-order valence-corrected chi connectivity index (χ0v) is 13.7. The average molecular weight is 353 g/mol. The van der Waals surface area contributed by atoms with Crippen molar-refractivity contribution in [1.82, 2.24) is 0 Å². The molecule has 0 aromatic heterocycles. The molecule has 0 atom stereocenters. The molecule has 1 rings (SSSR count). The van der Waals surface area contributed by atoms with Crippen molar-refractivity contribution in [2.24, 2.45) is 0 Å². The number of unbranched alkanes of at least 4 members (excludes halogenated alkanes) is 1. The van der Waals surface area contributed by atoms with Crippen LogP contribution in [0.25, 0.3) is 0 Å². The fourth-order valence-corrected chi connectivity index (χ4v) is 7.44. The van der Waals surface area contributed by atoms with E-state index in [1.54, 1.807) is 11.8 Å². The molecule has 0 bridgehead atoms. The Morgan fingerprint density at radius 3 is 2.25 bits per heavy atom. The first kappa shape index (κ1) is 14.2. The molecule has 1 aliphatic rings. The Morgan fingerprint density at radius 1 is 1.19 bits per heavy atom. The van der Waals surface area contributed by atoms with E-state index >= 15 is 0 Å². The first-order chi connectivity index (χ1) is 7.72. The van der Waals surface area contributed by atoms with Crippen LogP contribution < -0.4 is 0 Å². The van der Waals surface area contributed by atoms with Crippen molar-refractivity contribution in [3.8, 4) is 0 Å². The molecule has 0 saturated carbocycles. The Labute approximate surface area is 108 Å². The summed E-state index contributed by atoms with van der Waals surface area (Å²) in [5.41, 5.74) is 0. The van der Waals surface area contributed by atoms with Crippen molar-refractivity contribution in [2.45, 2.75) is 37.0 Å². The van der Waals surface area contributed by atoms with Gasteiger partial charge in [0.05, 0.1) is 0 Å². The Balaban J connectivity index is 2.47. The summed E-state index contributed by atoms with van der Waals surface area (Å²) in [6.45, 7) is 2.08. The van der Waals surface area contributed by atoms with E-state index < -0.39 is 20.6 Å². The summed E-state index contributed by atoms with van der Waals surface area (Å²) in [6.07, 6.45) is 2.91. The van der Waals surface area contributed by atoms with Crippen molar-refractivity contribution in [3.05, 3.63) is 0 Å². The van der Waals surface area contributed by atoms with Crippen molar-refractivity contribution in [2.75, 3.05) is 11.5 Å². The van der Waals surface area contributed by atoms with Crippen molar-refractivity contribution >= 4 is 44.3 Å². The number of thioether (sulfide) groups is 1. The first-order valence-corrected chi connectivity index (χ1v) is 11.9. The second-order valence-electron chi connectivity index (χ2n) is 3.66. The van der Waals surface area contributed by atoms with Crippen LogP contribution in [0.15, 0.2) is 0 Å². The quantitative estimate of drug-likeness (QED) is 0.722. The maximum absolute atomic E-state index is 11.4. The second kappa shape index (κ2) is 8.22. The van der Waals surface area contributed by atoms with Crippen LogP contribution in [0.2, 0.25) is 4.44 Å². The van der Waals surface area contributed by atoms with Gasteiger partial charge in [-0.05, 0) is 0 Å². The summed E-state index contributed by atoms with van der Waals surface area (Å²) >= 11 is -1.21. The predicted octanol–water partition coefficient (Wildman–Crippen LogP) is 1.62. The van der Waals surface area contributed by atoms with E-state index in [0.717, 1.165) is 28.8 Å². The van der Waals surface area contributed by atoms with Crippen LogP contribution >= 0.6 is 11.8 Å². The van der Waals surface area contributed by atoms with Gasteiger partial charge in [-0.25, -0.2) is 0 Å². The summed E-state index contributed by atoms with van der Waals surface area (Å²) in [6, 6.07) is 0. The predicted molar refractivity (Wildman–Crippen MR) is 65.6 cm³/mol. The SMILES string of the molecule is CCC[CH2][SnH]1[O]C(=O)CCSCCC(=O)[O]1. The molecule has 0 aliphatic carbocycles. The third-order valence-electron chi connectivity index (χ3n) is 2.22. The van der Waals surface area contributed by atoms with Gasteiger partial charge in [-0.15, -0.1) is 0 Å². The van der Waals surface area contributed by atoms with Gasteiger partial charge in [-0.1, -0.05) is 0 Å². The summed E-state index contributed by atoms with van der Waals surface area (Å²) in [5, 5.41) is 0. The molecule has 1 fully saturated rings. The van der Waals surface area contributed by atoms with Gasteiger partial charge >= 0.3 is 109 Å². The molecule has 4 nitrogen and oxygen atoms in total. The molecule has 6 heteroatoms. The summed E-state index contributed by atoms with van der Waals surface area (Å²) in [5.74, 6) is 1.13. The van der Waals surface area contributed by atoms with Gasteiger partial charge in [0, 0.05) is 0 Å². The Bertz CT molecular complexity index is 227. The third-order valence-corrected chi connectivity index (χ3v) is 8.72. The summed E-state index contributed by atoms with van der Waals surface area (Å²) in [4.78, 5) is 22.8. The topological polar surface area (TPSA) is 52.6 Å². The van der Waals surface area contributed by atoms with Crippen molar-refractivity contribution < 1.29 is 15.7 Å². The number of carbonyl (C=O) groups excluding carboxylic acids is 2. The zero-order chi connectivity index (χ0) is 11.8. The van der Waals surface area contributed by atoms with E-state index in [-0.39, 0.29) is 11.9 Å². The number of carbonyl (C=O) groups is 2. The van der Waals surface area contributed by atoms with Crippen LogP contribution in [0.4, 0.5) is 0 Å². The fourth-order valence-electron chi connectivity index (χ4n) is 1.34. The number of hydrogen-bond donors (Lipinski definition) is 0. The van der Waals surface area contributed by atoms with Crippen molar-refractivity contribution in [1.29, 1.82) is 0 Å². The number of hydrogen-bond acceptors (Lipinski definition) is 5. The van der Waals surface area contributed by atoms with E-state index in [1.807, 2.05) is 0 Å². The molecular formula is C10H18O4SSn. The molecule has 1 aliphatic heterocycles. The van der Waals surface area contributed by atoms with E-state index in [0.29, 0.717) is 12.8 Å². The monoisotopic (exact) mass is 354 g/mol. The van der Waals surface area contributed by atoms with Gasteiger partial charge in [0.2, 0.25) is 0 Å². The Kier molecular flexibility index (Phi) is 7.27. The fraction of sp³-hybridized carbons (Fsp3) is 0.800. The molecule has 0 N–H and O–H groups in total. The second-order valence-corrected chi connectivity index (χ2v) is 10.3. The molecule has 0 radical (unpaired) electrons. The molecular weight excluding hydrogens is 335 g/mol. The van der Waals surface area contributed by atoms with Gasteiger partial charge in [0.1, 0.15) is 0 Å². The maximum atomic E-state index is 11.4. The first-order valence-electron chi connectivity index (χ1n) is 5.69. The molecule has 1 heterocycles. The molecule has 0 aromatic carbocycles. The average Bonchev–Trinajstić information content (AvgIpc) is 2.25. The Morgan fingerprint density at radius 2 is 1.75 bits per heavy atom. The van der Waals surface area contributed by atoms with Gasteiger partial charge in [-0.2, -0.15) is 0 Å². The van der Waals surface area contributed by atoms with E-state index in [4.69, 9.17) is 6.15 Å². The Hall–Kier alpha value is 0.0887. The van der Waals surface area contributed by atoms with Crippen LogP contribution in [-0.2, 0) is 15.7 Å². The van der Waals surface area contributed by atoms with Crippen LogP contribution in [0.5, 0.6) is 0 Å². The van der Waals surface area contributed by atoms with Crippen LogP contribution in [0.3, 0.4) is 0 Å². The molecule has 0 aromatic rings. The van der Waals surface area contributed by atoms with Gasteiger partial charge < -0.3 is 0 Å². The van der Waals surface area contributed by atoms with Crippen LogP contribution in [0, 0.1) is 0 Å². The van der Waals surface area contributed by atoms with Crippen molar-refractivity contribution in [3.63, 3.8) is 0 Å². The molecule has 0 spiro atoms. The number of rotatable bonds is 3. The summed E-state index contributed by atoms with van der Waals surface area (Å²) in [7, 11) is 0. The third kappa shape index (κ3) is 5.98. The normalized spacial score (nSPS) is 20.1. The molecule has 92 valence electrons. The minimum atomic E-state index is -2.81. The standard InChI is InChI=1S/C6H10O4S.C4H9.Sn.H/c7-5(8)1-3-11-4-2-6(9)10;1-3-4-2;;/h1-4H2,(H,7,8)(H,9,10);1,3-4H2,2H3;;/q;;+2;/p-2. The van der Waals surface area contributed by atoms with Crippen LogP contribution in [-0.4, -0.2) is 44.0 Å². The molecule has 1 saturated heterocycles. The molecule has 0 unspecified atom stereocenters. The van der Waals surface area contributed by atoms with Gasteiger partial charge in [0.25, 0.3) is 0 Å².